The first-order valence-corrected chi connectivity index (χ1v) is 44.0. The molecule has 0 aliphatic rings. The number of esters is 4. The van der Waals surface area contributed by atoms with E-state index in [0.29, 0.717) is 25.7 Å². The van der Waals surface area contributed by atoms with Crippen molar-refractivity contribution in [1.82, 2.24) is 0 Å². The summed E-state index contributed by atoms with van der Waals surface area (Å²) in [5, 5.41) is 10.6. The Kier molecular flexibility index (Phi) is 69.3. The zero-order valence-electron chi connectivity index (χ0n) is 64.1. The summed E-state index contributed by atoms with van der Waals surface area (Å²) in [7, 11) is -9.91. The van der Waals surface area contributed by atoms with Crippen LogP contribution in [0, 0.1) is 11.8 Å². The summed E-state index contributed by atoms with van der Waals surface area (Å²) in [6.45, 7) is 9.59. The van der Waals surface area contributed by atoms with E-state index in [0.717, 1.165) is 115 Å². The highest BCUT2D eigenvalue weighted by atomic mass is 31.2. The van der Waals surface area contributed by atoms with Gasteiger partial charge in [-0.25, -0.2) is 9.13 Å². The molecular weight excluding hydrogens is 1280 g/mol. The SMILES string of the molecule is CCCCCCCCCCCCCCCCCCCCCCCC(=O)O[C@H](COC(=O)CCCCCCCCCCCCCCCCCC(C)C)COP(=O)(O)OC[C@@H](O)COP(=O)(O)OC[C@@H](COC(=O)CCCCCCCCC)OC(=O)CCCCCCCCCCC(C)CC. The molecule has 0 aliphatic carbocycles. The van der Waals surface area contributed by atoms with Gasteiger partial charge in [-0.3, -0.25) is 37.3 Å². The van der Waals surface area contributed by atoms with Crippen LogP contribution in [0.25, 0.3) is 0 Å². The molecule has 0 radical (unpaired) electrons. The van der Waals surface area contributed by atoms with Gasteiger partial charge >= 0.3 is 39.5 Å². The Balaban J connectivity index is 5.17. The monoisotopic (exact) mass is 1440 g/mol. The Bertz CT molecular complexity index is 1890. The fraction of sp³-hybridized carbons (Fsp3) is 0.949. The molecule has 98 heavy (non-hydrogen) atoms. The van der Waals surface area contributed by atoms with E-state index < -0.39 is 97.5 Å². The molecule has 0 rings (SSSR count). The van der Waals surface area contributed by atoms with E-state index >= 15 is 0 Å². The lowest BCUT2D eigenvalue weighted by molar-refractivity contribution is -0.161. The fourth-order valence-corrected chi connectivity index (χ4v) is 13.7. The summed E-state index contributed by atoms with van der Waals surface area (Å²) in [6.07, 6.45) is 59.9. The van der Waals surface area contributed by atoms with Crippen molar-refractivity contribution in [2.75, 3.05) is 39.6 Å². The number of unbranched alkanes of at least 4 members (excludes halogenated alkanes) is 47. The molecule has 0 amide bonds. The highest BCUT2D eigenvalue weighted by Gasteiger charge is 2.30. The molecule has 0 aromatic heterocycles. The van der Waals surface area contributed by atoms with Crippen LogP contribution in [0.4, 0.5) is 0 Å². The summed E-state index contributed by atoms with van der Waals surface area (Å²) < 4.78 is 68.5. The van der Waals surface area contributed by atoms with Crippen LogP contribution in [0.3, 0.4) is 0 Å². The molecule has 0 spiro atoms. The lowest BCUT2D eigenvalue weighted by Gasteiger charge is -2.21. The second-order valence-electron chi connectivity index (χ2n) is 29.2. The van der Waals surface area contributed by atoms with Gasteiger partial charge < -0.3 is 33.8 Å². The van der Waals surface area contributed by atoms with Crippen molar-refractivity contribution >= 4 is 39.5 Å². The third-order valence-corrected chi connectivity index (χ3v) is 20.7. The zero-order valence-corrected chi connectivity index (χ0v) is 65.9. The number of hydrogen-bond acceptors (Lipinski definition) is 15. The number of phosphoric acid groups is 2. The lowest BCUT2D eigenvalue weighted by Crippen LogP contribution is -2.30. The molecule has 19 heteroatoms. The Morgan fingerprint density at radius 3 is 0.776 bits per heavy atom. The van der Waals surface area contributed by atoms with Crippen LogP contribution in [0.2, 0.25) is 0 Å². The molecule has 582 valence electrons. The van der Waals surface area contributed by atoms with Crippen LogP contribution < -0.4 is 0 Å². The number of carbonyl (C=O) groups excluding carboxylic acids is 4. The van der Waals surface area contributed by atoms with E-state index in [1.807, 2.05) is 0 Å². The molecule has 0 fully saturated rings. The number of carbonyl (C=O) groups is 4. The Morgan fingerprint density at radius 2 is 0.520 bits per heavy atom. The van der Waals surface area contributed by atoms with Gasteiger partial charge in [-0.2, -0.15) is 0 Å². The fourth-order valence-electron chi connectivity index (χ4n) is 12.2. The second kappa shape index (κ2) is 70.7. The number of rotatable bonds is 78. The average molecular weight is 1440 g/mol. The maximum absolute atomic E-state index is 13.1. The first-order valence-electron chi connectivity index (χ1n) is 41.0. The van der Waals surface area contributed by atoms with Crippen molar-refractivity contribution in [3.05, 3.63) is 0 Å². The highest BCUT2D eigenvalue weighted by Crippen LogP contribution is 2.45. The maximum Gasteiger partial charge on any atom is 0.472 e. The lowest BCUT2D eigenvalue weighted by atomic mass is 9.99. The van der Waals surface area contributed by atoms with Crippen molar-refractivity contribution in [3.63, 3.8) is 0 Å². The highest BCUT2D eigenvalue weighted by molar-refractivity contribution is 7.47. The van der Waals surface area contributed by atoms with E-state index in [-0.39, 0.29) is 25.7 Å². The summed E-state index contributed by atoms with van der Waals surface area (Å²) >= 11 is 0. The largest absolute Gasteiger partial charge is 0.472 e. The standard InChI is InChI=1S/C79H154O17P2/c1-7-10-12-14-16-17-18-19-20-21-22-23-24-25-28-32-35-38-45-51-57-63-78(83)95-75(68-90-77(82)62-56-50-44-37-34-31-29-26-27-30-33-36-42-47-53-59-71(4)5)70-94-98(87,88)92-66-73(80)65-91-97(85,86)93-69-74(67-89-76(81)61-55-49-41-15-13-11-8-2)96-79(84)64-58-52-46-40-39-43-48-54-60-72(6)9-3/h71-75,80H,7-70H2,1-6H3,(H,85,86)(H,87,88)/t72?,73-,74+,75+/m0/s1. The topological polar surface area (TPSA) is 237 Å². The van der Waals surface area contributed by atoms with Crippen LogP contribution in [0.15, 0.2) is 0 Å². The minimum Gasteiger partial charge on any atom is -0.462 e. The van der Waals surface area contributed by atoms with Crippen LogP contribution in [-0.4, -0.2) is 96.7 Å². The van der Waals surface area contributed by atoms with Gasteiger partial charge in [-0.15, -0.1) is 0 Å². The molecule has 17 nitrogen and oxygen atoms in total. The molecule has 6 atom stereocenters. The molecule has 3 unspecified atom stereocenters. The first-order chi connectivity index (χ1) is 47.4. The van der Waals surface area contributed by atoms with E-state index in [2.05, 4.69) is 41.5 Å². The van der Waals surface area contributed by atoms with Gasteiger partial charge in [0.05, 0.1) is 26.4 Å². The van der Waals surface area contributed by atoms with Crippen molar-refractivity contribution in [1.29, 1.82) is 0 Å². The minimum atomic E-state index is -4.96. The van der Waals surface area contributed by atoms with Gasteiger partial charge in [0.25, 0.3) is 0 Å². The van der Waals surface area contributed by atoms with Gasteiger partial charge in [-0.05, 0) is 37.5 Å². The predicted octanol–water partition coefficient (Wildman–Crippen LogP) is 23.5. The molecule has 0 bridgehead atoms. The summed E-state index contributed by atoms with van der Waals surface area (Å²) in [5.74, 6) is -0.543. The van der Waals surface area contributed by atoms with E-state index in [9.17, 15) is 43.2 Å². The molecule has 0 aromatic carbocycles. The third kappa shape index (κ3) is 71.1. The number of phosphoric ester groups is 2. The smallest absolute Gasteiger partial charge is 0.462 e. The molecular formula is C79H154O17P2. The van der Waals surface area contributed by atoms with Crippen LogP contribution in [0.1, 0.15) is 414 Å². The van der Waals surface area contributed by atoms with Gasteiger partial charge in [0, 0.05) is 25.7 Å². The normalized spacial score (nSPS) is 14.2. The Hall–Kier alpha value is -1.94. The molecule has 0 saturated heterocycles. The molecule has 0 aliphatic heterocycles. The molecule has 0 aromatic rings. The third-order valence-electron chi connectivity index (χ3n) is 18.8. The van der Waals surface area contributed by atoms with Crippen molar-refractivity contribution < 1.29 is 80.2 Å². The minimum absolute atomic E-state index is 0.105. The van der Waals surface area contributed by atoms with Gasteiger partial charge in [0.2, 0.25) is 0 Å². The maximum atomic E-state index is 13.1. The summed E-state index contributed by atoms with van der Waals surface area (Å²) in [4.78, 5) is 72.8. The second-order valence-corrected chi connectivity index (χ2v) is 32.1. The van der Waals surface area contributed by atoms with E-state index in [4.69, 9.17) is 37.0 Å². The summed E-state index contributed by atoms with van der Waals surface area (Å²) in [6, 6.07) is 0. The van der Waals surface area contributed by atoms with Crippen molar-refractivity contribution in [2.24, 2.45) is 11.8 Å². The van der Waals surface area contributed by atoms with Crippen molar-refractivity contribution in [3.8, 4) is 0 Å². The average Bonchev–Trinajstić information content (AvgIpc) is 1.23. The summed E-state index contributed by atoms with van der Waals surface area (Å²) in [5.41, 5.74) is 0. The van der Waals surface area contributed by atoms with Gasteiger partial charge in [0.1, 0.15) is 19.3 Å². The Labute approximate surface area is 600 Å². The number of aliphatic hydroxyl groups is 1. The number of hydrogen-bond donors (Lipinski definition) is 3. The number of aliphatic hydroxyl groups excluding tert-OH is 1. The van der Waals surface area contributed by atoms with Crippen LogP contribution >= 0.6 is 15.6 Å². The Morgan fingerprint density at radius 1 is 0.296 bits per heavy atom. The molecule has 0 saturated carbocycles. The van der Waals surface area contributed by atoms with Gasteiger partial charge in [-0.1, -0.05) is 363 Å². The quantitative estimate of drug-likeness (QED) is 0.0222. The van der Waals surface area contributed by atoms with E-state index in [1.54, 1.807) is 0 Å². The van der Waals surface area contributed by atoms with Crippen molar-refractivity contribution in [2.45, 2.75) is 432 Å². The first kappa shape index (κ1) is 96.1. The molecule has 3 N–H and O–H groups in total. The van der Waals surface area contributed by atoms with E-state index in [1.165, 1.54) is 218 Å². The van der Waals surface area contributed by atoms with Crippen LogP contribution in [-0.2, 0) is 65.4 Å². The zero-order chi connectivity index (χ0) is 72.1. The molecule has 0 heterocycles. The predicted molar refractivity (Wildman–Crippen MR) is 400 cm³/mol. The number of ether oxygens (including phenoxy) is 4. The van der Waals surface area contributed by atoms with Gasteiger partial charge in [0.15, 0.2) is 12.2 Å². The van der Waals surface area contributed by atoms with Crippen LogP contribution in [0.5, 0.6) is 0 Å².